The van der Waals surface area contributed by atoms with E-state index in [1.165, 1.54) is 11.1 Å². The number of fused-ring (bicyclic) bond motifs is 1. The molecular formula is C19H23NO2. The molecule has 22 heavy (non-hydrogen) atoms. The summed E-state index contributed by atoms with van der Waals surface area (Å²) in [6, 6.07) is 17.4. The standard InChI is InChI=1S/C19H23NO2/c1-3-7-17(20-14(2)15-8-5-4-6-9-15)16-10-11-18-19(12-16)22-13-21-18/h4-6,8-12,14,17,20H,3,7,13H2,1-2H3/t14-,17-/m1/s1. The average Bonchev–Trinajstić information content (AvgIpc) is 3.02. The highest BCUT2D eigenvalue weighted by molar-refractivity contribution is 5.45. The van der Waals surface area contributed by atoms with Crippen molar-refractivity contribution in [3.8, 4) is 11.5 Å². The molecule has 1 aliphatic heterocycles. The van der Waals surface area contributed by atoms with E-state index < -0.39 is 0 Å². The topological polar surface area (TPSA) is 30.5 Å². The summed E-state index contributed by atoms with van der Waals surface area (Å²) in [6.07, 6.45) is 2.23. The summed E-state index contributed by atoms with van der Waals surface area (Å²) in [5, 5.41) is 3.75. The first-order valence-corrected chi connectivity index (χ1v) is 7.98. The van der Waals surface area contributed by atoms with Crippen molar-refractivity contribution < 1.29 is 9.47 Å². The molecule has 0 fully saturated rings. The van der Waals surface area contributed by atoms with E-state index in [1.807, 2.05) is 6.07 Å². The Morgan fingerprint density at radius 3 is 2.55 bits per heavy atom. The average molecular weight is 297 g/mol. The summed E-state index contributed by atoms with van der Waals surface area (Å²) in [6.45, 7) is 4.75. The lowest BCUT2D eigenvalue weighted by atomic mass is 9.99. The fourth-order valence-electron chi connectivity index (χ4n) is 2.90. The van der Waals surface area contributed by atoms with Crippen molar-refractivity contribution in [1.82, 2.24) is 5.32 Å². The Kier molecular flexibility index (Phi) is 4.64. The lowest BCUT2D eigenvalue weighted by Gasteiger charge is -2.24. The van der Waals surface area contributed by atoms with E-state index >= 15 is 0 Å². The Bertz CT molecular complexity index is 612. The van der Waals surface area contributed by atoms with Crippen LogP contribution in [-0.4, -0.2) is 6.79 Å². The minimum Gasteiger partial charge on any atom is -0.454 e. The molecule has 116 valence electrons. The fourth-order valence-corrected chi connectivity index (χ4v) is 2.90. The third-order valence-electron chi connectivity index (χ3n) is 4.13. The first kappa shape index (κ1) is 14.9. The SMILES string of the molecule is CCC[C@@H](N[C@H](C)c1ccccc1)c1ccc2c(c1)OCO2. The Morgan fingerprint density at radius 1 is 1.00 bits per heavy atom. The highest BCUT2D eigenvalue weighted by atomic mass is 16.7. The largest absolute Gasteiger partial charge is 0.454 e. The molecule has 0 saturated carbocycles. The normalized spacial score (nSPS) is 15.5. The maximum absolute atomic E-state index is 5.51. The molecule has 1 aliphatic rings. The number of hydrogen-bond acceptors (Lipinski definition) is 3. The van der Waals surface area contributed by atoms with Gasteiger partial charge in [0.2, 0.25) is 6.79 Å². The summed E-state index contributed by atoms with van der Waals surface area (Å²) >= 11 is 0. The van der Waals surface area contributed by atoms with Gasteiger partial charge in [-0.1, -0.05) is 49.7 Å². The molecule has 2 aromatic carbocycles. The monoisotopic (exact) mass is 297 g/mol. The van der Waals surface area contributed by atoms with Gasteiger partial charge in [0, 0.05) is 12.1 Å². The van der Waals surface area contributed by atoms with Crippen LogP contribution in [0.4, 0.5) is 0 Å². The molecule has 0 amide bonds. The molecule has 0 spiro atoms. The van der Waals surface area contributed by atoms with Crippen molar-refractivity contribution in [3.05, 3.63) is 59.7 Å². The maximum Gasteiger partial charge on any atom is 0.231 e. The fraction of sp³-hybridized carbons (Fsp3) is 0.368. The van der Waals surface area contributed by atoms with E-state index in [1.54, 1.807) is 0 Å². The zero-order chi connectivity index (χ0) is 15.4. The Labute approximate surface area is 132 Å². The molecule has 2 aromatic rings. The number of ether oxygens (including phenoxy) is 2. The van der Waals surface area contributed by atoms with Gasteiger partial charge in [0.1, 0.15) is 0 Å². The van der Waals surface area contributed by atoms with E-state index in [9.17, 15) is 0 Å². The van der Waals surface area contributed by atoms with E-state index in [0.29, 0.717) is 18.9 Å². The van der Waals surface area contributed by atoms with Crippen LogP contribution < -0.4 is 14.8 Å². The lowest BCUT2D eigenvalue weighted by molar-refractivity contribution is 0.174. The van der Waals surface area contributed by atoms with Gasteiger partial charge in [-0.2, -0.15) is 0 Å². The third-order valence-corrected chi connectivity index (χ3v) is 4.13. The summed E-state index contributed by atoms with van der Waals surface area (Å²) in [7, 11) is 0. The second kappa shape index (κ2) is 6.84. The van der Waals surface area contributed by atoms with Gasteiger partial charge in [-0.15, -0.1) is 0 Å². The number of hydrogen-bond donors (Lipinski definition) is 1. The Hall–Kier alpha value is -2.00. The van der Waals surface area contributed by atoms with Crippen molar-refractivity contribution in [1.29, 1.82) is 0 Å². The van der Waals surface area contributed by atoms with Crippen LogP contribution in [-0.2, 0) is 0 Å². The maximum atomic E-state index is 5.51. The van der Waals surface area contributed by atoms with Gasteiger partial charge in [0.15, 0.2) is 11.5 Å². The molecule has 0 radical (unpaired) electrons. The van der Waals surface area contributed by atoms with Gasteiger partial charge >= 0.3 is 0 Å². The first-order valence-electron chi connectivity index (χ1n) is 7.98. The second-order valence-electron chi connectivity index (χ2n) is 5.75. The molecule has 1 heterocycles. The number of rotatable bonds is 6. The molecular weight excluding hydrogens is 274 g/mol. The highest BCUT2D eigenvalue weighted by Crippen LogP contribution is 2.35. The van der Waals surface area contributed by atoms with Gasteiger partial charge in [0.25, 0.3) is 0 Å². The summed E-state index contributed by atoms with van der Waals surface area (Å²) in [5.41, 5.74) is 2.57. The van der Waals surface area contributed by atoms with Crippen molar-refractivity contribution in [3.63, 3.8) is 0 Å². The molecule has 0 bridgehead atoms. The number of nitrogens with one attached hydrogen (secondary N) is 1. The quantitative estimate of drug-likeness (QED) is 0.844. The summed E-state index contributed by atoms with van der Waals surface area (Å²) in [5.74, 6) is 1.70. The Morgan fingerprint density at radius 2 is 1.77 bits per heavy atom. The predicted molar refractivity (Wildman–Crippen MR) is 88.2 cm³/mol. The highest BCUT2D eigenvalue weighted by Gasteiger charge is 2.19. The summed E-state index contributed by atoms with van der Waals surface area (Å²) < 4.78 is 10.9. The van der Waals surface area contributed by atoms with Crippen LogP contribution >= 0.6 is 0 Å². The molecule has 0 unspecified atom stereocenters. The minimum absolute atomic E-state index is 0.308. The van der Waals surface area contributed by atoms with Gasteiger partial charge in [-0.3, -0.25) is 0 Å². The van der Waals surface area contributed by atoms with Crippen LogP contribution in [0.5, 0.6) is 11.5 Å². The second-order valence-corrected chi connectivity index (χ2v) is 5.75. The first-order chi connectivity index (χ1) is 10.8. The van der Waals surface area contributed by atoms with Crippen molar-refractivity contribution in [2.75, 3.05) is 6.79 Å². The van der Waals surface area contributed by atoms with E-state index in [4.69, 9.17) is 9.47 Å². The van der Waals surface area contributed by atoms with Gasteiger partial charge < -0.3 is 14.8 Å². The van der Waals surface area contributed by atoms with Crippen molar-refractivity contribution in [2.24, 2.45) is 0 Å². The van der Waals surface area contributed by atoms with Crippen molar-refractivity contribution >= 4 is 0 Å². The molecule has 1 N–H and O–H groups in total. The molecule has 0 saturated heterocycles. The Balaban J connectivity index is 1.78. The van der Waals surface area contributed by atoms with Crippen LogP contribution in [0.2, 0.25) is 0 Å². The van der Waals surface area contributed by atoms with Gasteiger partial charge in [0.05, 0.1) is 0 Å². The molecule has 2 atom stereocenters. The number of benzene rings is 2. The summed E-state index contributed by atoms with van der Waals surface area (Å²) in [4.78, 5) is 0. The van der Waals surface area contributed by atoms with E-state index in [0.717, 1.165) is 24.3 Å². The molecule has 3 heteroatoms. The van der Waals surface area contributed by atoms with Crippen molar-refractivity contribution in [2.45, 2.75) is 38.8 Å². The van der Waals surface area contributed by atoms with Gasteiger partial charge in [-0.25, -0.2) is 0 Å². The molecule has 3 nitrogen and oxygen atoms in total. The third kappa shape index (κ3) is 3.25. The van der Waals surface area contributed by atoms with Crippen LogP contribution in [0.15, 0.2) is 48.5 Å². The van der Waals surface area contributed by atoms with Crippen LogP contribution in [0.25, 0.3) is 0 Å². The van der Waals surface area contributed by atoms with Gasteiger partial charge in [-0.05, 0) is 36.6 Å². The molecule has 0 aliphatic carbocycles. The van der Waals surface area contributed by atoms with E-state index in [-0.39, 0.29) is 0 Å². The zero-order valence-electron chi connectivity index (χ0n) is 13.2. The predicted octanol–water partition coefficient (Wildman–Crippen LogP) is 4.61. The van der Waals surface area contributed by atoms with Crippen LogP contribution in [0.3, 0.4) is 0 Å². The van der Waals surface area contributed by atoms with Crippen LogP contribution in [0, 0.1) is 0 Å². The van der Waals surface area contributed by atoms with Crippen LogP contribution in [0.1, 0.15) is 49.9 Å². The molecule has 3 rings (SSSR count). The smallest absolute Gasteiger partial charge is 0.231 e. The zero-order valence-corrected chi connectivity index (χ0v) is 13.2. The van der Waals surface area contributed by atoms with E-state index in [2.05, 4.69) is 61.6 Å². The minimum atomic E-state index is 0.308. The lowest BCUT2D eigenvalue weighted by Crippen LogP contribution is -2.24. The molecule has 0 aromatic heterocycles.